The van der Waals surface area contributed by atoms with Crippen LogP contribution in [0.2, 0.25) is 0 Å². The molecule has 1 aliphatic rings. The van der Waals surface area contributed by atoms with E-state index in [0.29, 0.717) is 25.3 Å². The molecule has 0 saturated carbocycles. The molecule has 28 heavy (non-hydrogen) atoms. The van der Waals surface area contributed by atoms with E-state index in [1.165, 1.54) is 0 Å². The minimum absolute atomic E-state index is 0.269. The third-order valence-electron chi connectivity index (χ3n) is 5.03. The number of anilines is 1. The van der Waals surface area contributed by atoms with E-state index < -0.39 is 6.17 Å². The van der Waals surface area contributed by atoms with Crippen LogP contribution in [0.15, 0.2) is 55.1 Å². The van der Waals surface area contributed by atoms with Gasteiger partial charge in [-0.15, -0.1) is 0 Å². The summed E-state index contributed by atoms with van der Waals surface area (Å²) in [7, 11) is 0. The second-order valence-electron chi connectivity index (χ2n) is 6.89. The fourth-order valence-corrected chi connectivity index (χ4v) is 3.56. The maximum atomic E-state index is 14.1. The van der Waals surface area contributed by atoms with E-state index in [9.17, 15) is 4.39 Å². The fraction of sp³-hybridized carbons (Fsp3) is 0.250. The van der Waals surface area contributed by atoms with E-state index in [-0.39, 0.29) is 6.04 Å². The Morgan fingerprint density at radius 3 is 3.04 bits per heavy atom. The monoisotopic (exact) mass is 377 g/mol. The van der Waals surface area contributed by atoms with Gasteiger partial charge in [-0.1, -0.05) is 6.07 Å². The van der Waals surface area contributed by atoms with E-state index in [0.717, 1.165) is 28.4 Å². The quantitative estimate of drug-likeness (QED) is 0.509. The number of aromatic amines is 1. The second kappa shape index (κ2) is 7.05. The molecule has 0 aromatic carbocycles. The lowest BCUT2D eigenvalue weighted by Gasteiger charge is -2.28. The maximum absolute atomic E-state index is 14.1. The molecule has 2 atom stereocenters. The predicted molar refractivity (Wildman–Crippen MR) is 106 cm³/mol. The van der Waals surface area contributed by atoms with Crippen LogP contribution in [0.4, 0.5) is 10.2 Å². The van der Waals surface area contributed by atoms with Gasteiger partial charge >= 0.3 is 0 Å². The average molecular weight is 377 g/mol. The van der Waals surface area contributed by atoms with Crippen molar-refractivity contribution < 1.29 is 4.39 Å². The molecular weight excluding hydrogens is 357 g/mol. The predicted octanol–water partition coefficient (Wildman–Crippen LogP) is 2.90. The third-order valence-corrected chi connectivity index (χ3v) is 5.03. The number of H-pyrrole nitrogens is 1. The van der Waals surface area contributed by atoms with Crippen molar-refractivity contribution in [2.75, 3.05) is 18.4 Å². The van der Waals surface area contributed by atoms with Gasteiger partial charge in [0.25, 0.3) is 0 Å². The molecule has 8 heteroatoms. The molecule has 2 unspecified atom stereocenters. The number of fused-ring (bicyclic) bond motifs is 1. The zero-order valence-electron chi connectivity index (χ0n) is 15.1. The number of aromatic nitrogens is 5. The first-order valence-corrected chi connectivity index (χ1v) is 9.33. The van der Waals surface area contributed by atoms with Gasteiger partial charge in [0, 0.05) is 30.7 Å². The molecule has 3 N–H and O–H groups in total. The van der Waals surface area contributed by atoms with E-state index in [1.807, 2.05) is 40.9 Å². The first kappa shape index (κ1) is 16.9. The summed E-state index contributed by atoms with van der Waals surface area (Å²) >= 11 is 0. The molecular formula is C20H20FN7. The SMILES string of the molecule is FC1CCNCC1Nc1cccc(-c2cnc3cc(-c4ncc[nH]4)ccn23)n1. The highest BCUT2D eigenvalue weighted by molar-refractivity contribution is 5.67. The van der Waals surface area contributed by atoms with Crippen molar-refractivity contribution >= 4 is 11.5 Å². The number of hydrogen-bond donors (Lipinski definition) is 3. The number of nitrogens with one attached hydrogen (secondary N) is 3. The Morgan fingerprint density at radius 1 is 1.21 bits per heavy atom. The Hall–Kier alpha value is -3.26. The lowest BCUT2D eigenvalue weighted by Crippen LogP contribution is -2.46. The molecule has 0 bridgehead atoms. The molecule has 142 valence electrons. The standard InChI is InChI=1S/C20H20FN7/c21-14-4-6-22-11-16(14)27-18-3-1-2-15(26-18)17-12-25-19-10-13(5-9-28(17)19)20-23-7-8-24-20/h1-3,5,7-10,12,14,16,22H,4,6,11H2,(H,23,24)(H,26,27). The molecule has 4 aromatic rings. The summed E-state index contributed by atoms with van der Waals surface area (Å²) in [5.41, 5.74) is 3.44. The van der Waals surface area contributed by atoms with Crippen LogP contribution in [0.5, 0.6) is 0 Å². The minimum atomic E-state index is -0.873. The Balaban J connectivity index is 1.45. The summed E-state index contributed by atoms with van der Waals surface area (Å²) in [6, 6.07) is 9.41. The molecule has 1 saturated heterocycles. The normalized spacial score (nSPS) is 19.8. The summed E-state index contributed by atoms with van der Waals surface area (Å²) in [6.07, 6.45) is 6.92. The summed E-state index contributed by atoms with van der Waals surface area (Å²) in [5.74, 6) is 1.47. The van der Waals surface area contributed by atoms with Crippen LogP contribution < -0.4 is 10.6 Å². The molecule has 4 aromatic heterocycles. The Kier molecular flexibility index (Phi) is 4.25. The summed E-state index contributed by atoms with van der Waals surface area (Å²) in [5, 5.41) is 6.43. The zero-order valence-corrected chi connectivity index (χ0v) is 15.1. The van der Waals surface area contributed by atoms with Gasteiger partial charge in [0.2, 0.25) is 0 Å². The smallest absolute Gasteiger partial charge is 0.137 e. The number of nitrogens with zero attached hydrogens (tertiary/aromatic N) is 4. The van der Waals surface area contributed by atoms with Gasteiger partial charge in [0.05, 0.1) is 23.6 Å². The van der Waals surface area contributed by atoms with Crippen molar-refractivity contribution in [3.8, 4) is 22.8 Å². The first-order valence-electron chi connectivity index (χ1n) is 9.33. The van der Waals surface area contributed by atoms with Crippen LogP contribution in [0.1, 0.15) is 6.42 Å². The van der Waals surface area contributed by atoms with Gasteiger partial charge in [0.1, 0.15) is 23.5 Å². The molecule has 1 fully saturated rings. The van der Waals surface area contributed by atoms with Crippen molar-refractivity contribution in [1.82, 2.24) is 29.7 Å². The van der Waals surface area contributed by atoms with E-state index in [2.05, 4.69) is 30.6 Å². The maximum Gasteiger partial charge on any atom is 0.137 e. The number of rotatable bonds is 4. The van der Waals surface area contributed by atoms with Crippen LogP contribution in [-0.4, -0.2) is 49.6 Å². The molecule has 1 aliphatic heterocycles. The minimum Gasteiger partial charge on any atom is -0.363 e. The number of pyridine rings is 2. The lowest BCUT2D eigenvalue weighted by molar-refractivity contribution is 0.241. The summed E-state index contributed by atoms with van der Waals surface area (Å²) < 4.78 is 16.1. The topological polar surface area (TPSA) is 82.9 Å². The highest BCUT2D eigenvalue weighted by Crippen LogP contribution is 2.24. The van der Waals surface area contributed by atoms with Crippen molar-refractivity contribution in [2.45, 2.75) is 18.6 Å². The molecule has 0 aliphatic carbocycles. The number of hydrogen-bond acceptors (Lipinski definition) is 5. The van der Waals surface area contributed by atoms with Crippen molar-refractivity contribution in [3.05, 3.63) is 55.1 Å². The van der Waals surface area contributed by atoms with Crippen LogP contribution in [0.25, 0.3) is 28.4 Å². The van der Waals surface area contributed by atoms with Gasteiger partial charge in [-0.2, -0.15) is 0 Å². The van der Waals surface area contributed by atoms with Crippen LogP contribution >= 0.6 is 0 Å². The second-order valence-corrected chi connectivity index (χ2v) is 6.89. The van der Waals surface area contributed by atoms with Crippen LogP contribution in [-0.2, 0) is 0 Å². The van der Waals surface area contributed by atoms with Crippen molar-refractivity contribution in [1.29, 1.82) is 0 Å². The largest absolute Gasteiger partial charge is 0.363 e. The van der Waals surface area contributed by atoms with Crippen molar-refractivity contribution in [2.24, 2.45) is 0 Å². The van der Waals surface area contributed by atoms with Gasteiger partial charge < -0.3 is 15.6 Å². The number of halogens is 1. The number of alkyl halides is 1. The average Bonchev–Trinajstić information content (AvgIpc) is 3.39. The summed E-state index contributed by atoms with van der Waals surface area (Å²) in [4.78, 5) is 16.6. The Bertz CT molecular complexity index is 1090. The highest BCUT2D eigenvalue weighted by Gasteiger charge is 2.24. The Labute approximate surface area is 161 Å². The molecule has 0 amide bonds. The third kappa shape index (κ3) is 3.11. The fourth-order valence-electron chi connectivity index (χ4n) is 3.56. The summed E-state index contributed by atoms with van der Waals surface area (Å²) in [6.45, 7) is 1.31. The number of imidazole rings is 2. The van der Waals surface area contributed by atoms with Gasteiger partial charge in [-0.3, -0.25) is 4.40 Å². The van der Waals surface area contributed by atoms with E-state index >= 15 is 0 Å². The lowest BCUT2D eigenvalue weighted by atomic mass is 10.1. The van der Waals surface area contributed by atoms with Gasteiger partial charge in [0.15, 0.2) is 0 Å². The van der Waals surface area contributed by atoms with E-state index in [1.54, 1.807) is 18.6 Å². The van der Waals surface area contributed by atoms with Crippen molar-refractivity contribution in [3.63, 3.8) is 0 Å². The molecule has 0 spiro atoms. The molecule has 0 radical (unpaired) electrons. The molecule has 5 heterocycles. The molecule has 5 rings (SSSR count). The Morgan fingerprint density at radius 2 is 2.18 bits per heavy atom. The number of piperidine rings is 1. The van der Waals surface area contributed by atoms with Gasteiger partial charge in [-0.25, -0.2) is 19.3 Å². The van der Waals surface area contributed by atoms with Gasteiger partial charge in [-0.05, 0) is 37.2 Å². The zero-order chi connectivity index (χ0) is 18.9. The van der Waals surface area contributed by atoms with Crippen LogP contribution in [0, 0.1) is 0 Å². The molecule has 7 nitrogen and oxygen atoms in total. The van der Waals surface area contributed by atoms with E-state index in [4.69, 9.17) is 0 Å². The highest BCUT2D eigenvalue weighted by atomic mass is 19.1. The first-order chi connectivity index (χ1) is 13.8. The van der Waals surface area contributed by atoms with Crippen LogP contribution in [0.3, 0.4) is 0 Å².